The van der Waals surface area contributed by atoms with Gasteiger partial charge >= 0.3 is 6.03 Å². The van der Waals surface area contributed by atoms with E-state index in [9.17, 15) is 9.59 Å². The van der Waals surface area contributed by atoms with Gasteiger partial charge in [0.25, 0.3) is 0 Å². The number of benzene rings is 2. The molecule has 3 amide bonds. The lowest BCUT2D eigenvalue weighted by Crippen LogP contribution is -2.50. The van der Waals surface area contributed by atoms with Crippen LogP contribution in [-0.2, 0) is 18.4 Å². The van der Waals surface area contributed by atoms with Gasteiger partial charge in [-0.1, -0.05) is 56.3 Å². The summed E-state index contributed by atoms with van der Waals surface area (Å²) in [5.41, 5.74) is 2.35. The second-order valence-corrected chi connectivity index (χ2v) is 7.23. The van der Waals surface area contributed by atoms with Crippen LogP contribution < -0.4 is 16.0 Å². The Labute approximate surface area is 174 Å². The predicted molar refractivity (Wildman–Crippen MR) is 113 cm³/mol. The highest BCUT2D eigenvalue weighted by atomic mass is 16.2. The van der Waals surface area contributed by atoms with Crippen molar-refractivity contribution in [1.82, 2.24) is 30.8 Å². The number of aromatic nitrogens is 4. The summed E-state index contributed by atoms with van der Waals surface area (Å²) in [6.07, 6.45) is 0. The number of hydrogen-bond acceptors (Lipinski definition) is 5. The Balaban J connectivity index is 1.63. The number of carbonyl (C=O) groups is 2. The number of aryl methyl sites for hydroxylation is 1. The minimum absolute atomic E-state index is 0.0985. The molecule has 3 N–H and O–H groups in total. The molecule has 1 heterocycles. The standard InChI is InChI=1S/C21H25N7O2/c1-14(2)18(24-21(30)22-13-15-8-5-4-6-9-15)20(29)23-17-11-7-10-16(12-17)19-25-26-27-28(19)3/h4-12,14,18H,13H2,1-3H3,(H,23,29)(H2,22,24,30). The number of amides is 3. The summed E-state index contributed by atoms with van der Waals surface area (Å²) in [6, 6.07) is 15.7. The molecule has 0 aliphatic rings. The molecule has 0 radical (unpaired) electrons. The van der Waals surface area contributed by atoms with Gasteiger partial charge < -0.3 is 16.0 Å². The number of nitrogens with zero attached hydrogens (tertiary/aromatic N) is 4. The van der Waals surface area contributed by atoms with Gasteiger partial charge in [0.2, 0.25) is 5.91 Å². The molecule has 3 aromatic rings. The van der Waals surface area contributed by atoms with Crippen LogP contribution in [0.15, 0.2) is 54.6 Å². The van der Waals surface area contributed by atoms with Crippen LogP contribution in [0.2, 0.25) is 0 Å². The number of carbonyl (C=O) groups excluding carboxylic acids is 2. The molecule has 0 aliphatic carbocycles. The molecule has 3 rings (SSSR count). The molecule has 0 saturated heterocycles. The fourth-order valence-corrected chi connectivity index (χ4v) is 2.94. The van der Waals surface area contributed by atoms with E-state index in [4.69, 9.17) is 0 Å². The molecule has 2 aromatic carbocycles. The third kappa shape index (κ3) is 5.40. The number of urea groups is 1. The number of anilines is 1. The second-order valence-electron chi connectivity index (χ2n) is 7.23. The third-order valence-corrected chi connectivity index (χ3v) is 4.54. The molecular weight excluding hydrogens is 382 g/mol. The van der Waals surface area contributed by atoms with Crippen molar-refractivity contribution in [2.45, 2.75) is 26.4 Å². The quantitative estimate of drug-likeness (QED) is 0.556. The van der Waals surface area contributed by atoms with E-state index in [-0.39, 0.29) is 11.8 Å². The Hall–Kier alpha value is -3.75. The van der Waals surface area contributed by atoms with Crippen molar-refractivity contribution in [3.8, 4) is 11.4 Å². The molecule has 0 spiro atoms. The molecule has 1 aromatic heterocycles. The molecule has 0 bridgehead atoms. The van der Waals surface area contributed by atoms with E-state index in [1.165, 1.54) is 0 Å². The van der Waals surface area contributed by atoms with Crippen molar-refractivity contribution in [2.75, 3.05) is 5.32 Å². The lowest BCUT2D eigenvalue weighted by atomic mass is 10.0. The van der Waals surface area contributed by atoms with Gasteiger partial charge in [0.15, 0.2) is 5.82 Å². The second kappa shape index (κ2) is 9.64. The van der Waals surface area contributed by atoms with Crippen molar-refractivity contribution in [1.29, 1.82) is 0 Å². The summed E-state index contributed by atoms with van der Waals surface area (Å²) in [5, 5.41) is 19.8. The zero-order valence-corrected chi connectivity index (χ0v) is 17.2. The van der Waals surface area contributed by atoms with E-state index in [2.05, 4.69) is 31.5 Å². The molecular formula is C21H25N7O2. The number of nitrogens with one attached hydrogen (secondary N) is 3. The van der Waals surface area contributed by atoms with Gasteiger partial charge in [-0.05, 0) is 34.0 Å². The average Bonchev–Trinajstić information content (AvgIpc) is 3.17. The summed E-state index contributed by atoms with van der Waals surface area (Å²) < 4.78 is 1.55. The lowest BCUT2D eigenvalue weighted by Gasteiger charge is -2.22. The van der Waals surface area contributed by atoms with Crippen LogP contribution in [0.5, 0.6) is 0 Å². The smallest absolute Gasteiger partial charge is 0.315 e. The first-order valence-corrected chi connectivity index (χ1v) is 9.66. The number of rotatable bonds is 7. The summed E-state index contributed by atoms with van der Waals surface area (Å²) >= 11 is 0. The Morgan fingerprint density at radius 2 is 1.83 bits per heavy atom. The van der Waals surface area contributed by atoms with Crippen molar-refractivity contribution >= 4 is 17.6 Å². The van der Waals surface area contributed by atoms with Crippen molar-refractivity contribution in [3.63, 3.8) is 0 Å². The van der Waals surface area contributed by atoms with Gasteiger partial charge in [0.05, 0.1) is 0 Å². The molecule has 9 nitrogen and oxygen atoms in total. The van der Waals surface area contributed by atoms with Crippen LogP contribution in [0.1, 0.15) is 19.4 Å². The zero-order valence-electron chi connectivity index (χ0n) is 17.2. The minimum Gasteiger partial charge on any atom is -0.334 e. The number of hydrogen-bond donors (Lipinski definition) is 3. The van der Waals surface area contributed by atoms with Gasteiger partial charge in [-0.25, -0.2) is 9.48 Å². The SMILES string of the molecule is CC(C)C(NC(=O)NCc1ccccc1)C(=O)Nc1cccc(-c2nnnn2C)c1. The molecule has 30 heavy (non-hydrogen) atoms. The highest BCUT2D eigenvalue weighted by Gasteiger charge is 2.24. The van der Waals surface area contributed by atoms with E-state index in [0.717, 1.165) is 11.1 Å². The first-order chi connectivity index (χ1) is 14.4. The first kappa shape index (κ1) is 21.0. The molecule has 156 valence electrons. The Kier molecular flexibility index (Phi) is 6.74. The van der Waals surface area contributed by atoms with E-state index >= 15 is 0 Å². The minimum atomic E-state index is -0.694. The van der Waals surface area contributed by atoms with E-state index < -0.39 is 12.1 Å². The Morgan fingerprint density at radius 3 is 2.50 bits per heavy atom. The summed E-state index contributed by atoms with van der Waals surface area (Å²) in [4.78, 5) is 25.1. The van der Waals surface area contributed by atoms with Gasteiger partial charge in [-0.2, -0.15) is 0 Å². The normalized spacial score (nSPS) is 11.7. The van der Waals surface area contributed by atoms with Crippen LogP contribution in [0.3, 0.4) is 0 Å². The fraction of sp³-hybridized carbons (Fsp3) is 0.286. The van der Waals surface area contributed by atoms with Crippen molar-refractivity contribution < 1.29 is 9.59 Å². The molecule has 0 saturated carbocycles. The zero-order chi connectivity index (χ0) is 21.5. The van der Waals surface area contributed by atoms with Crippen LogP contribution >= 0.6 is 0 Å². The largest absolute Gasteiger partial charge is 0.334 e. The monoisotopic (exact) mass is 407 g/mol. The highest BCUT2D eigenvalue weighted by Crippen LogP contribution is 2.20. The van der Waals surface area contributed by atoms with Gasteiger partial charge in [-0.3, -0.25) is 4.79 Å². The molecule has 9 heteroatoms. The summed E-state index contributed by atoms with van der Waals surface area (Å²) in [6.45, 7) is 4.14. The third-order valence-electron chi connectivity index (χ3n) is 4.54. The van der Waals surface area contributed by atoms with E-state index in [1.54, 1.807) is 23.9 Å². The molecule has 1 atom stereocenters. The molecule has 1 unspecified atom stereocenters. The topological polar surface area (TPSA) is 114 Å². The van der Waals surface area contributed by atoms with Crippen LogP contribution in [0.25, 0.3) is 11.4 Å². The van der Waals surface area contributed by atoms with Gasteiger partial charge in [-0.15, -0.1) is 5.10 Å². The summed E-state index contributed by atoms with van der Waals surface area (Å²) in [7, 11) is 1.74. The highest BCUT2D eigenvalue weighted by molar-refractivity contribution is 5.97. The number of tetrazole rings is 1. The first-order valence-electron chi connectivity index (χ1n) is 9.66. The van der Waals surface area contributed by atoms with E-state index in [1.807, 2.05) is 56.3 Å². The van der Waals surface area contributed by atoms with Crippen LogP contribution in [0, 0.1) is 5.92 Å². The van der Waals surface area contributed by atoms with Crippen molar-refractivity contribution in [3.05, 3.63) is 60.2 Å². The van der Waals surface area contributed by atoms with Crippen molar-refractivity contribution in [2.24, 2.45) is 13.0 Å². The van der Waals surface area contributed by atoms with Crippen LogP contribution in [0.4, 0.5) is 10.5 Å². The average molecular weight is 407 g/mol. The Bertz CT molecular complexity index is 1000. The maximum atomic E-state index is 12.8. The molecule has 0 fully saturated rings. The Morgan fingerprint density at radius 1 is 1.07 bits per heavy atom. The predicted octanol–water partition coefficient (Wildman–Crippen LogP) is 2.34. The van der Waals surface area contributed by atoms with Crippen LogP contribution in [-0.4, -0.2) is 38.2 Å². The summed E-state index contributed by atoms with van der Waals surface area (Å²) in [5.74, 6) is 0.191. The van der Waals surface area contributed by atoms with Gasteiger partial charge in [0.1, 0.15) is 6.04 Å². The van der Waals surface area contributed by atoms with E-state index in [0.29, 0.717) is 18.1 Å². The fourth-order valence-electron chi connectivity index (χ4n) is 2.94. The molecule has 0 aliphatic heterocycles. The maximum absolute atomic E-state index is 12.8. The lowest BCUT2D eigenvalue weighted by molar-refractivity contribution is -0.118. The maximum Gasteiger partial charge on any atom is 0.315 e. The van der Waals surface area contributed by atoms with Gasteiger partial charge in [0, 0.05) is 24.8 Å².